The summed E-state index contributed by atoms with van der Waals surface area (Å²) < 4.78 is 0. The second kappa shape index (κ2) is 9.92. The number of hydrogen-bond donors (Lipinski definition) is 3. The summed E-state index contributed by atoms with van der Waals surface area (Å²) in [4.78, 5) is 10.8. The predicted octanol–water partition coefficient (Wildman–Crippen LogP) is 1.97. The summed E-state index contributed by atoms with van der Waals surface area (Å²) in [7, 11) is 0. The molecule has 0 aromatic heterocycles. The summed E-state index contributed by atoms with van der Waals surface area (Å²) in [5, 5.41) is 23.6. The summed E-state index contributed by atoms with van der Waals surface area (Å²) in [5.74, 6) is -0.313. The summed E-state index contributed by atoms with van der Waals surface area (Å²) >= 11 is 0. The highest BCUT2D eigenvalue weighted by Crippen LogP contribution is 2.21. The minimum Gasteiger partial charge on any atom is -0.390 e. The number of unbranched alkanes of at least 4 members (excludes halogenated alkanes) is 4. The molecular weight excluding hydrogens is 244 g/mol. The molecule has 0 radical (unpaired) electrons. The summed E-state index contributed by atoms with van der Waals surface area (Å²) in [6.45, 7) is 5.01. The smallest absolute Gasteiger partial charge is 0.236 e. The lowest BCUT2D eigenvalue weighted by molar-refractivity contribution is -0.118. The first-order valence-corrected chi connectivity index (χ1v) is 7.17. The molecule has 5 nitrogen and oxygen atoms in total. The SMILES string of the molecule is CCCCCCCC(O)(CC)/C(CO)=N/NC(C)=O. The van der Waals surface area contributed by atoms with Gasteiger partial charge >= 0.3 is 0 Å². The number of nitrogens with zero attached hydrogens (tertiary/aromatic N) is 1. The van der Waals surface area contributed by atoms with Crippen molar-refractivity contribution in [2.75, 3.05) is 6.61 Å². The third-order valence-electron chi connectivity index (χ3n) is 3.31. The molecule has 0 bridgehead atoms. The summed E-state index contributed by atoms with van der Waals surface area (Å²) in [5.41, 5.74) is 1.39. The monoisotopic (exact) mass is 272 g/mol. The fraction of sp³-hybridized carbons (Fsp3) is 0.857. The Kier molecular flexibility index (Phi) is 9.43. The van der Waals surface area contributed by atoms with E-state index in [9.17, 15) is 15.0 Å². The number of carbonyl (C=O) groups excluding carboxylic acids is 1. The van der Waals surface area contributed by atoms with E-state index >= 15 is 0 Å². The van der Waals surface area contributed by atoms with Gasteiger partial charge in [0.05, 0.1) is 12.3 Å². The van der Waals surface area contributed by atoms with Crippen molar-refractivity contribution in [3.8, 4) is 0 Å². The molecule has 0 aliphatic rings. The van der Waals surface area contributed by atoms with E-state index in [1.165, 1.54) is 19.8 Å². The third-order valence-corrected chi connectivity index (χ3v) is 3.31. The van der Waals surface area contributed by atoms with Crippen LogP contribution in [0.1, 0.15) is 65.7 Å². The number of aliphatic hydroxyl groups excluding tert-OH is 1. The molecule has 1 atom stereocenters. The number of nitrogens with one attached hydrogen (secondary N) is 1. The fourth-order valence-electron chi connectivity index (χ4n) is 1.98. The van der Waals surface area contributed by atoms with Crippen molar-refractivity contribution >= 4 is 11.6 Å². The first-order valence-electron chi connectivity index (χ1n) is 7.17. The zero-order valence-electron chi connectivity index (χ0n) is 12.4. The number of hydrogen-bond acceptors (Lipinski definition) is 4. The summed E-state index contributed by atoms with van der Waals surface area (Å²) in [6, 6.07) is 0. The van der Waals surface area contributed by atoms with Crippen LogP contribution in [0, 0.1) is 0 Å². The quantitative estimate of drug-likeness (QED) is 0.323. The van der Waals surface area contributed by atoms with Crippen LogP contribution in [-0.4, -0.2) is 34.0 Å². The van der Waals surface area contributed by atoms with Gasteiger partial charge in [-0.05, 0) is 12.8 Å². The topological polar surface area (TPSA) is 81.9 Å². The van der Waals surface area contributed by atoms with E-state index in [1.54, 1.807) is 0 Å². The van der Waals surface area contributed by atoms with Gasteiger partial charge in [-0.25, -0.2) is 5.43 Å². The molecule has 0 aliphatic carbocycles. The maximum atomic E-state index is 10.8. The van der Waals surface area contributed by atoms with E-state index in [0.717, 1.165) is 19.3 Å². The van der Waals surface area contributed by atoms with E-state index in [1.807, 2.05) is 6.92 Å². The van der Waals surface area contributed by atoms with Crippen LogP contribution < -0.4 is 5.43 Å². The molecular formula is C14H28N2O3. The van der Waals surface area contributed by atoms with Crippen LogP contribution in [-0.2, 0) is 4.79 Å². The Morgan fingerprint density at radius 3 is 2.32 bits per heavy atom. The standard InChI is InChI=1S/C14H28N2O3/c1-4-6-7-8-9-10-14(19,5-2)13(11-17)16-15-12(3)18/h17,19H,4-11H2,1-3H3,(H,15,18)/b16-13+. The van der Waals surface area contributed by atoms with Gasteiger partial charge in [0.15, 0.2) is 0 Å². The number of amides is 1. The van der Waals surface area contributed by atoms with Crippen molar-refractivity contribution in [2.24, 2.45) is 5.10 Å². The van der Waals surface area contributed by atoms with E-state index in [-0.39, 0.29) is 18.2 Å². The van der Waals surface area contributed by atoms with Crippen molar-refractivity contribution in [3.63, 3.8) is 0 Å². The Hall–Kier alpha value is -0.940. The van der Waals surface area contributed by atoms with Crippen molar-refractivity contribution in [1.82, 2.24) is 5.43 Å². The number of carbonyl (C=O) groups is 1. The lowest BCUT2D eigenvalue weighted by atomic mass is 9.88. The highest BCUT2D eigenvalue weighted by Gasteiger charge is 2.30. The van der Waals surface area contributed by atoms with Crippen LogP contribution in [0.5, 0.6) is 0 Å². The fourth-order valence-corrected chi connectivity index (χ4v) is 1.98. The summed E-state index contributed by atoms with van der Waals surface area (Å²) in [6.07, 6.45) is 6.54. The molecule has 0 spiro atoms. The van der Waals surface area contributed by atoms with Gasteiger partial charge in [-0.15, -0.1) is 0 Å². The highest BCUT2D eigenvalue weighted by atomic mass is 16.3. The molecule has 19 heavy (non-hydrogen) atoms. The van der Waals surface area contributed by atoms with Crippen LogP contribution in [0.2, 0.25) is 0 Å². The normalized spacial score (nSPS) is 15.1. The Morgan fingerprint density at radius 1 is 1.21 bits per heavy atom. The molecule has 5 heteroatoms. The van der Waals surface area contributed by atoms with Crippen molar-refractivity contribution in [1.29, 1.82) is 0 Å². The second-order valence-electron chi connectivity index (χ2n) is 4.93. The van der Waals surface area contributed by atoms with E-state index < -0.39 is 5.60 Å². The Bertz CT molecular complexity index is 292. The van der Waals surface area contributed by atoms with Crippen LogP contribution in [0.4, 0.5) is 0 Å². The first-order chi connectivity index (χ1) is 9.00. The molecule has 0 heterocycles. The van der Waals surface area contributed by atoms with Crippen LogP contribution in [0.15, 0.2) is 5.10 Å². The number of rotatable bonds is 10. The molecule has 1 unspecified atom stereocenters. The number of hydrazone groups is 1. The van der Waals surface area contributed by atoms with Gasteiger partial charge in [0.25, 0.3) is 0 Å². The molecule has 3 N–H and O–H groups in total. The zero-order chi connectivity index (χ0) is 14.7. The third kappa shape index (κ3) is 7.28. The average Bonchev–Trinajstić information content (AvgIpc) is 2.38. The van der Waals surface area contributed by atoms with Gasteiger partial charge < -0.3 is 10.2 Å². The van der Waals surface area contributed by atoms with E-state index in [0.29, 0.717) is 12.8 Å². The van der Waals surface area contributed by atoms with Crippen LogP contribution in [0.3, 0.4) is 0 Å². The van der Waals surface area contributed by atoms with E-state index in [4.69, 9.17) is 0 Å². The minimum atomic E-state index is -1.12. The van der Waals surface area contributed by atoms with Gasteiger partial charge in [-0.3, -0.25) is 4.79 Å². The largest absolute Gasteiger partial charge is 0.390 e. The maximum Gasteiger partial charge on any atom is 0.236 e. The lowest BCUT2D eigenvalue weighted by Gasteiger charge is -2.27. The van der Waals surface area contributed by atoms with Gasteiger partial charge in [0.2, 0.25) is 5.91 Å². The maximum absolute atomic E-state index is 10.8. The van der Waals surface area contributed by atoms with E-state index in [2.05, 4.69) is 17.5 Å². The van der Waals surface area contributed by atoms with Gasteiger partial charge in [0.1, 0.15) is 5.60 Å². The van der Waals surface area contributed by atoms with Crippen molar-refractivity contribution < 1.29 is 15.0 Å². The minimum absolute atomic E-state index is 0.237. The molecule has 1 amide bonds. The van der Waals surface area contributed by atoms with Crippen molar-refractivity contribution in [2.45, 2.75) is 71.3 Å². The Morgan fingerprint density at radius 2 is 1.84 bits per heavy atom. The molecule has 0 aliphatic heterocycles. The second-order valence-corrected chi connectivity index (χ2v) is 4.93. The zero-order valence-corrected chi connectivity index (χ0v) is 12.4. The molecule has 0 aromatic rings. The molecule has 0 rings (SSSR count). The van der Waals surface area contributed by atoms with Gasteiger partial charge in [-0.2, -0.15) is 5.10 Å². The lowest BCUT2D eigenvalue weighted by Crippen LogP contribution is -2.41. The number of aliphatic hydroxyl groups is 2. The average molecular weight is 272 g/mol. The van der Waals surface area contributed by atoms with Crippen LogP contribution >= 0.6 is 0 Å². The molecule has 0 fully saturated rings. The molecule has 0 saturated heterocycles. The first kappa shape index (κ1) is 18.1. The molecule has 0 aromatic carbocycles. The van der Waals surface area contributed by atoms with Crippen LogP contribution in [0.25, 0.3) is 0 Å². The Balaban J connectivity index is 4.44. The highest BCUT2D eigenvalue weighted by molar-refractivity contribution is 5.94. The predicted molar refractivity (Wildman–Crippen MR) is 77.0 cm³/mol. The molecule has 112 valence electrons. The van der Waals surface area contributed by atoms with Crippen molar-refractivity contribution in [3.05, 3.63) is 0 Å². The Labute approximate surface area is 116 Å². The molecule has 0 saturated carbocycles. The van der Waals surface area contributed by atoms with Gasteiger partial charge in [0, 0.05) is 6.92 Å². The van der Waals surface area contributed by atoms with Gasteiger partial charge in [-0.1, -0.05) is 46.0 Å².